The number of nitrogens with one attached hydrogen (secondary N) is 1. The molecule has 110 valence electrons. The summed E-state index contributed by atoms with van der Waals surface area (Å²) in [5.41, 5.74) is 0. The number of rotatable bonds is 13. The Bertz CT molecular complexity index is 159. The minimum atomic E-state index is 0.417. The van der Waals surface area contributed by atoms with E-state index in [1.54, 1.807) is 0 Å². The van der Waals surface area contributed by atoms with E-state index in [4.69, 9.17) is 4.74 Å². The van der Waals surface area contributed by atoms with E-state index in [0.29, 0.717) is 6.10 Å². The van der Waals surface area contributed by atoms with Crippen LogP contribution in [0.5, 0.6) is 0 Å². The molecule has 0 radical (unpaired) electrons. The largest absolute Gasteiger partial charge is 0.377 e. The van der Waals surface area contributed by atoms with Crippen molar-refractivity contribution in [2.45, 2.75) is 78.7 Å². The molecule has 0 spiro atoms. The van der Waals surface area contributed by atoms with Crippen LogP contribution in [0.25, 0.3) is 0 Å². The van der Waals surface area contributed by atoms with Gasteiger partial charge in [-0.05, 0) is 25.3 Å². The zero-order valence-corrected chi connectivity index (χ0v) is 13.1. The highest BCUT2D eigenvalue weighted by Crippen LogP contribution is 2.06. The molecule has 1 N–H and O–H groups in total. The summed E-state index contributed by atoms with van der Waals surface area (Å²) < 4.78 is 5.98. The van der Waals surface area contributed by atoms with Gasteiger partial charge in [0.2, 0.25) is 0 Å². The second-order valence-corrected chi connectivity index (χ2v) is 5.75. The van der Waals surface area contributed by atoms with Crippen LogP contribution in [0.15, 0.2) is 0 Å². The third kappa shape index (κ3) is 12.4. The summed E-state index contributed by atoms with van der Waals surface area (Å²) in [6, 6.07) is 0. The molecule has 0 amide bonds. The van der Waals surface area contributed by atoms with E-state index in [1.165, 1.54) is 44.9 Å². The fraction of sp³-hybridized carbons (Fsp3) is 1.00. The fourth-order valence-corrected chi connectivity index (χ4v) is 2.05. The first-order valence-corrected chi connectivity index (χ1v) is 8.03. The van der Waals surface area contributed by atoms with Crippen molar-refractivity contribution < 1.29 is 4.74 Å². The predicted molar refractivity (Wildman–Crippen MR) is 81.1 cm³/mol. The third-order valence-corrected chi connectivity index (χ3v) is 3.14. The van der Waals surface area contributed by atoms with Crippen molar-refractivity contribution in [1.82, 2.24) is 5.32 Å². The SMILES string of the molecule is CCCCCCCOC(CCC)CNCC(C)C. The van der Waals surface area contributed by atoms with Crippen LogP contribution in [-0.4, -0.2) is 25.8 Å². The molecular formula is C16H35NO. The molecule has 0 saturated carbocycles. The minimum absolute atomic E-state index is 0.417. The highest BCUT2D eigenvalue weighted by molar-refractivity contribution is 4.62. The second kappa shape index (κ2) is 13.4. The van der Waals surface area contributed by atoms with Gasteiger partial charge in [-0.25, -0.2) is 0 Å². The Kier molecular flexibility index (Phi) is 13.3. The van der Waals surface area contributed by atoms with Crippen molar-refractivity contribution >= 4 is 0 Å². The lowest BCUT2D eigenvalue weighted by atomic mass is 10.1. The summed E-state index contributed by atoms with van der Waals surface area (Å²) in [5.74, 6) is 0.723. The highest BCUT2D eigenvalue weighted by Gasteiger charge is 2.07. The van der Waals surface area contributed by atoms with Gasteiger partial charge in [-0.3, -0.25) is 0 Å². The van der Waals surface area contributed by atoms with Crippen LogP contribution in [0, 0.1) is 5.92 Å². The standard InChI is InChI=1S/C16H35NO/c1-5-7-8-9-10-12-18-16(11-6-2)14-17-13-15(3)4/h15-17H,5-14H2,1-4H3. The topological polar surface area (TPSA) is 21.3 Å². The number of hydrogen-bond acceptors (Lipinski definition) is 2. The van der Waals surface area contributed by atoms with E-state index < -0.39 is 0 Å². The van der Waals surface area contributed by atoms with Crippen LogP contribution < -0.4 is 5.32 Å². The Hall–Kier alpha value is -0.0800. The first-order chi connectivity index (χ1) is 8.70. The molecule has 1 atom stereocenters. The Morgan fingerprint density at radius 1 is 0.889 bits per heavy atom. The molecule has 0 saturated heterocycles. The molecule has 0 aromatic carbocycles. The summed E-state index contributed by atoms with van der Waals surface area (Å²) in [5, 5.41) is 3.51. The molecule has 0 rings (SSSR count). The summed E-state index contributed by atoms with van der Waals surface area (Å²) in [4.78, 5) is 0. The van der Waals surface area contributed by atoms with E-state index in [1.807, 2.05) is 0 Å². The summed E-state index contributed by atoms with van der Waals surface area (Å²) in [6.07, 6.45) is 9.41. The van der Waals surface area contributed by atoms with Gasteiger partial charge < -0.3 is 10.1 Å². The molecule has 0 aromatic heterocycles. The Labute approximate surface area is 115 Å². The lowest BCUT2D eigenvalue weighted by molar-refractivity contribution is 0.0441. The molecule has 0 aliphatic rings. The third-order valence-electron chi connectivity index (χ3n) is 3.14. The van der Waals surface area contributed by atoms with Crippen molar-refractivity contribution in [1.29, 1.82) is 0 Å². The Balaban J connectivity index is 3.50. The van der Waals surface area contributed by atoms with Crippen LogP contribution in [0.1, 0.15) is 72.6 Å². The molecule has 0 aliphatic heterocycles. The molecule has 0 fully saturated rings. The van der Waals surface area contributed by atoms with Crippen LogP contribution in [0.2, 0.25) is 0 Å². The normalized spacial score (nSPS) is 13.2. The molecule has 0 aliphatic carbocycles. The smallest absolute Gasteiger partial charge is 0.0699 e. The summed E-state index contributed by atoms with van der Waals surface area (Å²) >= 11 is 0. The zero-order valence-electron chi connectivity index (χ0n) is 13.1. The van der Waals surface area contributed by atoms with E-state index >= 15 is 0 Å². The van der Waals surface area contributed by atoms with Crippen LogP contribution in [-0.2, 0) is 4.74 Å². The predicted octanol–water partition coefficient (Wildman–Crippen LogP) is 4.39. The maximum Gasteiger partial charge on any atom is 0.0699 e. The van der Waals surface area contributed by atoms with Crippen molar-refractivity contribution in [3.63, 3.8) is 0 Å². The second-order valence-electron chi connectivity index (χ2n) is 5.75. The van der Waals surface area contributed by atoms with Gasteiger partial charge >= 0.3 is 0 Å². The first kappa shape index (κ1) is 17.9. The van der Waals surface area contributed by atoms with Crippen molar-refractivity contribution in [2.24, 2.45) is 5.92 Å². The average molecular weight is 257 g/mol. The van der Waals surface area contributed by atoms with Gasteiger partial charge in [0.1, 0.15) is 0 Å². The summed E-state index contributed by atoms with van der Waals surface area (Å²) in [6.45, 7) is 12.0. The van der Waals surface area contributed by atoms with Gasteiger partial charge in [0, 0.05) is 13.2 Å². The highest BCUT2D eigenvalue weighted by atomic mass is 16.5. The van der Waals surface area contributed by atoms with Gasteiger partial charge in [0.25, 0.3) is 0 Å². The molecule has 2 heteroatoms. The molecular weight excluding hydrogens is 222 g/mol. The van der Waals surface area contributed by atoms with Crippen molar-refractivity contribution in [2.75, 3.05) is 19.7 Å². The number of hydrogen-bond donors (Lipinski definition) is 1. The van der Waals surface area contributed by atoms with E-state index in [2.05, 4.69) is 33.0 Å². The van der Waals surface area contributed by atoms with E-state index in [0.717, 1.165) is 25.6 Å². The minimum Gasteiger partial charge on any atom is -0.377 e. The van der Waals surface area contributed by atoms with Gasteiger partial charge in [0.15, 0.2) is 0 Å². The van der Waals surface area contributed by atoms with Crippen LogP contribution in [0.4, 0.5) is 0 Å². The number of unbranched alkanes of at least 4 members (excludes halogenated alkanes) is 4. The quantitative estimate of drug-likeness (QED) is 0.494. The maximum absolute atomic E-state index is 5.98. The monoisotopic (exact) mass is 257 g/mol. The van der Waals surface area contributed by atoms with Crippen molar-refractivity contribution in [3.05, 3.63) is 0 Å². The average Bonchev–Trinajstić information content (AvgIpc) is 2.33. The lowest BCUT2D eigenvalue weighted by Gasteiger charge is -2.18. The van der Waals surface area contributed by atoms with E-state index in [-0.39, 0.29) is 0 Å². The molecule has 0 aromatic rings. The summed E-state index contributed by atoms with van der Waals surface area (Å²) in [7, 11) is 0. The molecule has 0 heterocycles. The van der Waals surface area contributed by atoms with Crippen LogP contribution in [0.3, 0.4) is 0 Å². The maximum atomic E-state index is 5.98. The van der Waals surface area contributed by atoms with Gasteiger partial charge in [0.05, 0.1) is 6.10 Å². The van der Waals surface area contributed by atoms with E-state index in [9.17, 15) is 0 Å². The van der Waals surface area contributed by atoms with Gasteiger partial charge in [-0.2, -0.15) is 0 Å². The molecule has 1 unspecified atom stereocenters. The Morgan fingerprint density at radius 3 is 2.22 bits per heavy atom. The fourth-order valence-electron chi connectivity index (χ4n) is 2.05. The number of ether oxygens (including phenoxy) is 1. The van der Waals surface area contributed by atoms with Gasteiger partial charge in [-0.15, -0.1) is 0 Å². The first-order valence-electron chi connectivity index (χ1n) is 8.03. The molecule has 0 bridgehead atoms. The lowest BCUT2D eigenvalue weighted by Crippen LogP contribution is -2.31. The molecule has 2 nitrogen and oxygen atoms in total. The van der Waals surface area contributed by atoms with Gasteiger partial charge in [-0.1, -0.05) is 59.8 Å². The van der Waals surface area contributed by atoms with Crippen molar-refractivity contribution in [3.8, 4) is 0 Å². The van der Waals surface area contributed by atoms with Crippen LogP contribution >= 0.6 is 0 Å². The molecule has 18 heavy (non-hydrogen) atoms. The Morgan fingerprint density at radius 2 is 1.61 bits per heavy atom. The zero-order chi connectivity index (χ0) is 13.6.